The van der Waals surface area contributed by atoms with Crippen molar-refractivity contribution in [1.29, 1.82) is 0 Å². The molecule has 1 amide bonds. The van der Waals surface area contributed by atoms with Crippen molar-refractivity contribution in [3.63, 3.8) is 0 Å². The summed E-state index contributed by atoms with van der Waals surface area (Å²) in [6, 6.07) is 15.1. The summed E-state index contributed by atoms with van der Waals surface area (Å²) in [5.74, 6) is -0.00625. The van der Waals surface area contributed by atoms with E-state index in [1.54, 1.807) is 16.7 Å². The van der Waals surface area contributed by atoms with Crippen LogP contribution in [0.2, 0.25) is 0 Å². The Balaban J connectivity index is 1.88. The van der Waals surface area contributed by atoms with E-state index in [1.807, 2.05) is 37.4 Å². The Kier molecular flexibility index (Phi) is 7.06. The van der Waals surface area contributed by atoms with Gasteiger partial charge >= 0.3 is 0 Å². The number of carbonyl (C=O) groups excluding carboxylic acids is 1. The van der Waals surface area contributed by atoms with Gasteiger partial charge < -0.3 is 9.88 Å². The lowest BCUT2D eigenvalue weighted by atomic mass is 10.0. The Bertz CT molecular complexity index is 1010. The quantitative estimate of drug-likeness (QED) is 0.534. The molecule has 0 aliphatic rings. The van der Waals surface area contributed by atoms with Gasteiger partial charge in [-0.2, -0.15) is 0 Å². The van der Waals surface area contributed by atoms with E-state index < -0.39 is 17.8 Å². The molecule has 1 aromatic heterocycles. The van der Waals surface area contributed by atoms with Crippen molar-refractivity contribution in [2.45, 2.75) is 17.6 Å². The standard InChI is InChI=1S/C21H20ClFN4OS/c1-14(22)13-29-21-26-25-19(27(21)2)18(12-15-8-4-3-5-9-15)24-20(28)16-10-6-7-11-17(16)23/h3-11,18H,1,12-13H2,2H3,(H,24,28)/t18-/m1/s1. The van der Waals surface area contributed by atoms with Gasteiger partial charge in [0.25, 0.3) is 5.91 Å². The fraction of sp³-hybridized carbons (Fsp3) is 0.190. The van der Waals surface area contributed by atoms with Crippen molar-refractivity contribution in [3.8, 4) is 0 Å². The van der Waals surface area contributed by atoms with E-state index in [9.17, 15) is 9.18 Å². The lowest BCUT2D eigenvalue weighted by Gasteiger charge is -2.19. The molecule has 3 rings (SSSR count). The molecule has 0 saturated carbocycles. The topological polar surface area (TPSA) is 59.8 Å². The highest BCUT2D eigenvalue weighted by atomic mass is 35.5. The number of carbonyl (C=O) groups is 1. The van der Waals surface area contributed by atoms with Gasteiger partial charge in [0.15, 0.2) is 11.0 Å². The number of nitrogens with one attached hydrogen (secondary N) is 1. The molecule has 5 nitrogen and oxygen atoms in total. The van der Waals surface area contributed by atoms with Crippen LogP contribution in [0.5, 0.6) is 0 Å². The van der Waals surface area contributed by atoms with Gasteiger partial charge in [0.05, 0.1) is 11.6 Å². The predicted octanol–water partition coefficient (Wildman–Crippen LogP) is 4.51. The van der Waals surface area contributed by atoms with Gasteiger partial charge in [-0.15, -0.1) is 10.2 Å². The second-order valence-corrected chi connectivity index (χ2v) is 7.88. The lowest BCUT2D eigenvalue weighted by Crippen LogP contribution is -2.32. The largest absolute Gasteiger partial charge is 0.342 e. The smallest absolute Gasteiger partial charge is 0.254 e. The van der Waals surface area contributed by atoms with Gasteiger partial charge in [0, 0.05) is 17.8 Å². The molecule has 0 radical (unpaired) electrons. The van der Waals surface area contributed by atoms with Crippen LogP contribution < -0.4 is 5.32 Å². The minimum Gasteiger partial charge on any atom is -0.342 e. The van der Waals surface area contributed by atoms with Crippen LogP contribution >= 0.6 is 23.4 Å². The minimum atomic E-state index is -0.571. The molecule has 0 spiro atoms. The van der Waals surface area contributed by atoms with Crippen LogP contribution in [0.15, 0.2) is 71.4 Å². The molecular formula is C21H20ClFN4OS. The molecule has 0 saturated heterocycles. The van der Waals surface area contributed by atoms with Crippen molar-refractivity contribution in [3.05, 3.63) is 89.0 Å². The zero-order valence-corrected chi connectivity index (χ0v) is 17.4. The average molecular weight is 431 g/mol. The lowest BCUT2D eigenvalue weighted by molar-refractivity contribution is 0.0930. The summed E-state index contributed by atoms with van der Waals surface area (Å²) in [5.41, 5.74) is 0.999. The van der Waals surface area contributed by atoms with Crippen LogP contribution in [-0.4, -0.2) is 26.4 Å². The summed E-state index contributed by atoms with van der Waals surface area (Å²) in [5, 5.41) is 12.5. The molecule has 2 aromatic carbocycles. The number of halogens is 2. The van der Waals surface area contributed by atoms with Crippen LogP contribution in [0.1, 0.15) is 27.8 Å². The Morgan fingerprint density at radius 2 is 1.90 bits per heavy atom. The molecule has 0 unspecified atom stereocenters. The van der Waals surface area contributed by atoms with Crippen LogP contribution in [0, 0.1) is 5.82 Å². The van der Waals surface area contributed by atoms with Gasteiger partial charge in [-0.1, -0.05) is 72.4 Å². The van der Waals surface area contributed by atoms with Crippen LogP contribution in [0.3, 0.4) is 0 Å². The summed E-state index contributed by atoms with van der Waals surface area (Å²) < 4.78 is 15.9. The third kappa shape index (κ3) is 5.46. The SMILES string of the molecule is C=C(Cl)CSc1nnc([C@@H](Cc2ccccc2)NC(=O)c2ccccc2F)n1C. The minimum absolute atomic E-state index is 0.0132. The zero-order chi connectivity index (χ0) is 20.8. The van der Waals surface area contributed by atoms with E-state index in [0.717, 1.165) is 5.56 Å². The second kappa shape index (κ2) is 9.71. The van der Waals surface area contributed by atoms with E-state index in [0.29, 0.717) is 28.2 Å². The third-order valence-corrected chi connectivity index (χ3v) is 5.64. The third-order valence-electron chi connectivity index (χ3n) is 4.24. The maximum absolute atomic E-state index is 14.1. The molecule has 3 aromatic rings. The van der Waals surface area contributed by atoms with Gasteiger partial charge in [-0.05, 0) is 24.1 Å². The fourth-order valence-corrected chi connectivity index (χ4v) is 3.67. The molecule has 29 heavy (non-hydrogen) atoms. The molecule has 150 valence electrons. The summed E-state index contributed by atoms with van der Waals surface area (Å²) in [6.45, 7) is 3.67. The molecule has 0 aliphatic heterocycles. The van der Waals surface area contributed by atoms with E-state index >= 15 is 0 Å². The first-order chi connectivity index (χ1) is 14.0. The van der Waals surface area contributed by atoms with Crippen LogP contribution in [0.4, 0.5) is 4.39 Å². The van der Waals surface area contributed by atoms with Crippen molar-refractivity contribution in [1.82, 2.24) is 20.1 Å². The first-order valence-electron chi connectivity index (χ1n) is 8.90. The van der Waals surface area contributed by atoms with Crippen molar-refractivity contribution in [2.24, 2.45) is 7.05 Å². The van der Waals surface area contributed by atoms with Crippen LogP contribution in [0.25, 0.3) is 0 Å². The highest BCUT2D eigenvalue weighted by Crippen LogP contribution is 2.24. The zero-order valence-electron chi connectivity index (χ0n) is 15.8. The number of rotatable bonds is 8. The predicted molar refractivity (Wildman–Crippen MR) is 113 cm³/mol. The summed E-state index contributed by atoms with van der Waals surface area (Å²) in [6.07, 6.45) is 0.486. The molecular weight excluding hydrogens is 411 g/mol. The molecule has 0 bridgehead atoms. The number of thioether (sulfide) groups is 1. The summed E-state index contributed by atoms with van der Waals surface area (Å²) in [4.78, 5) is 12.7. The average Bonchev–Trinajstić information content (AvgIpc) is 3.07. The summed E-state index contributed by atoms with van der Waals surface area (Å²) >= 11 is 7.25. The van der Waals surface area contributed by atoms with Gasteiger partial charge in [-0.3, -0.25) is 4.79 Å². The number of benzene rings is 2. The number of hydrogen-bond donors (Lipinski definition) is 1. The Hall–Kier alpha value is -2.64. The number of nitrogens with zero attached hydrogens (tertiary/aromatic N) is 3. The van der Waals surface area contributed by atoms with Gasteiger partial charge in [0.1, 0.15) is 5.82 Å². The molecule has 1 atom stereocenters. The van der Waals surface area contributed by atoms with Gasteiger partial charge in [0.2, 0.25) is 0 Å². The number of aromatic nitrogens is 3. The van der Waals surface area contributed by atoms with E-state index in [4.69, 9.17) is 11.6 Å². The molecule has 0 fully saturated rings. The Morgan fingerprint density at radius 1 is 1.21 bits per heavy atom. The molecule has 1 N–H and O–H groups in total. The van der Waals surface area contributed by atoms with Crippen LogP contribution in [-0.2, 0) is 13.5 Å². The molecule has 0 aliphatic carbocycles. The highest BCUT2D eigenvalue weighted by molar-refractivity contribution is 7.99. The van der Waals surface area contributed by atoms with Crippen molar-refractivity contribution in [2.75, 3.05) is 5.75 Å². The fourth-order valence-electron chi connectivity index (χ4n) is 2.84. The second-order valence-electron chi connectivity index (χ2n) is 6.40. The van der Waals surface area contributed by atoms with Gasteiger partial charge in [-0.25, -0.2) is 4.39 Å². The normalized spacial score (nSPS) is 11.8. The Labute approximate surface area is 178 Å². The monoisotopic (exact) mass is 430 g/mol. The molecule has 1 heterocycles. The Morgan fingerprint density at radius 3 is 2.59 bits per heavy atom. The van der Waals surface area contributed by atoms with E-state index in [-0.39, 0.29) is 5.56 Å². The van der Waals surface area contributed by atoms with E-state index in [1.165, 1.54) is 23.9 Å². The number of hydrogen-bond acceptors (Lipinski definition) is 4. The maximum atomic E-state index is 14.1. The van der Waals surface area contributed by atoms with Crippen molar-refractivity contribution < 1.29 is 9.18 Å². The summed E-state index contributed by atoms with van der Waals surface area (Å²) in [7, 11) is 1.82. The highest BCUT2D eigenvalue weighted by Gasteiger charge is 2.24. The number of amides is 1. The molecule has 8 heteroatoms. The van der Waals surface area contributed by atoms with Crippen molar-refractivity contribution >= 4 is 29.3 Å². The first-order valence-corrected chi connectivity index (χ1v) is 10.3. The first kappa shape index (κ1) is 21.1. The maximum Gasteiger partial charge on any atom is 0.254 e. The van der Waals surface area contributed by atoms with E-state index in [2.05, 4.69) is 22.1 Å².